The lowest BCUT2D eigenvalue weighted by molar-refractivity contribution is -0.0209. The average molecular weight is 266 g/mol. The van der Waals surface area contributed by atoms with E-state index in [-0.39, 0.29) is 19.0 Å². The SMILES string of the molecule is O=C(O[C@@H]1CO[C@H]2[C@@H]1OC[C@@H]2O)c1ccc(O)cc1. The normalized spacial score (nSPS) is 33.1. The molecule has 19 heavy (non-hydrogen) atoms. The van der Waals surface area contributed by atoms with Crippen LogP contribution in [-0.2, 0) is 14.2 Å². The largest absolute Gasteiger partial charge is 0.508 e. The van der Waals surface area contributed by atoms with Crippen LogP contribution in [0.3, 0.4) is 0 Å². The Morgan fingerprint density at radius 3 is 2.58 bits per heavy atom. The van der Waals surface area contributed by atoms with Gasteiger partial charge in [0.05, 0.1) is 18.8 Å². The van der Waals surface area contributed by atoms with E-state index in [2.05, 4.69) is 0 Å². The molecule has 1 aromatic rings. The zero-order valence-corrected chi connectivity index (χ0v) is 10.1. The van der Waals surface area contributed by atoms with Crippen molar-refractivity contribution in [1.29, 1.82) is 0 Å². The van der Waals surface area contributed by atoms with Crippen LogP contribution in [0.5, 0.6) is 5.75 Å². The van der Waals surface area contributed by atoms with E-state index < -0.39 is 30.4 Å². The Morgan fingerprint density at radius 1 is 1.16 bits per heavy atom. The van der Waals surface area contributed by atoms with E-state index in [1.165, 1.54) is 24.3 Å². The number of esters is 1. The van der Waals surface area contributed by atoms with Crippen LogP contribution in [0.25, 0.3) is 0 Å². The van der Waals surface area contributed by atoms with Gasteiger partial charge in [0.25, 0.3) is 0 Å². The fourth-order valence-electron chi connectivity index (χ4n) is 2.35. The van der Waals surface area contributed by atoms with Crippen LogP contribution in [0.15, 0.2) is 24.3 Å². The fourth-order valence-corrected chi connectivity index (χ4v) is 2.35. The molecule has 2 aliphatic heterocycles. The molecule has 2 heterocycles. The maximum atomic E-state index is 11.9. The van der Waals surface area contributed by atoms with E-state index in [9.17, 15) is 9.90 Å². The van der Waals surface area contributed by atoms with Crippen molar-refractivity contribution in [2.45, 2.75) is 24.4 Å². The van der Waals surface area contributed by atoms with Gasteiger partial charge in [0.1, 0.15) is 24.1 Å². The maximum Gasteiger partial charge on any atom is 0.338 e. The highest BCUT2D eigenvalue weighted by atomic mass is 16.6. The zero-order valence-electron chi connectivity index (χ0n) is 10.1. The summed E-state index contributed by atoms with van der Waals surface area (Å²) in [5.41, 5.74) is 0.347. The highest BCUT2D eigenvalue weighted by molar-refractivity contribution is 5.89. The Labute approximate surface area is 109 Å². The number of carbonyl (C=O) groups is 1. The van der Waals surface area contributed by atoms with Crippen LogP contribution in [0.2, 0.25) is 0 Å². The van der Waals surface area contributed by atoms with Gasteiger partial charge in [-0.3, -0.25) is 0 Å². The number of ether oxygens (including phenoxy) is 3. The first-order valence-electron chi connectivity index (χ1n) is 6.06. The van der Waals surface area contributed by atoms with Crippen molar-refractivity contribution in [2.75, 3.05) is 13.2 Å². The Hall–Kier alpha value is -1.63. The number of rotatable bonds is 2. The van der Waals surface area contributed by atoms with Crippen molar-refractivity contribution in [3.05, 3.63) is 29.8 Å². The number of aliphatic hydroxyl groups excluding tert-OH is 1. The molecule has 2 fully saturated rings. The lowest BCUT2D eigenvalue weighted by atomic mass is 10.1. The molecule has 1 aromatic carbocycles. The van der Waals surface area contributed by atoms with Crippen molar-refractivity contribution >= 4 is 5.97 Å². The third-order valence-corrected chi connectivity index (χ3v) is 3.34. The summed E-state index contributed by atoms with van der Waals surface area (Å²) in [6, 6.07) is 5.80. The van der Waals surface area contributed by atoms with E-state index in [4.69, 9.17) is 19.3 Å². The van der Waals surface area contributed by atoms with Gasteiger partial charge in [0, 0.05) is 0 Å². The van der Waals surface area contributed by atoms with E-state index in [0.717, 1.165) is 0 Å². The Balaban J connectivity index is 1.66. The summed E-state index contributed by atoms with van der Waals surface area (Å²) in [6.07, 6.45) is -2.00. The molecule has 6 nitrogen and oxygen atoms in total. The zero-order chi connectivity index (χ0) is 13.4. The van der Waals surface area contributed by atoms with Gasteiger partial charge in [-0.15, -0.1) is 0 Å². The highest BCUT2D eigenvalue weighted by Gasteiger charge is 2.48. The molecule has 0 bridgehead atoms. The number of aromatic hydroxyl groups is 1. The number of phenolic OH excluding ortho intramolecular Hbond substituents is 1. The van der Waals surface area contributed by atoms with Crippen LogP contribution in [0.1, 0.15) is 10.4 Å². The van der Waals surface area contributed by atoms with E-state index >= 15 is 0 Å². The molecular weight excluding hydrogens is 252 g/mol. The van der Waals surface area contributed by atoms with E-state index in [1.807, 2.05) is 0 Å². The summed E-state index contributed by atoms with van der Waals surface area (Å²) in [4.78, 5) is 11.9. The minimum atomic E-state index is -0.664. The van der Waals surface area contributed by atoms with Gasteiger partial charge in [0.15, 0.2) is 6.10 Å². The van der Waals surface area contributed by atoms with Crippen LogP contribution in [-0.4, -0.2) is 53.8 Å². The smallest absolute Gasteiger partial charge is 0.338 e. The van der Waals surface area contributed by atoms with Gasteiger partial charge in [0.2, 0.25) is 0 Å². The molecule has 0 spiro atoms. The molecular formula is C13H14O6. The number of fused-ring (bicyclic) bond motifs is 1. The van der Waals surface area contributed by atoms with Crippen molar-refractivity contribution in [3.63, 3.8) is 0 Å². The topological polar surface area (TPSA) is 85.2 Å². The van der Waals surface area contributed by atoms with Gasteiger partial charge in [-0.05, 0) is 24.3 Å². The molecule has 2 N–H and O–H groups in total. The molecule has 0 radical (unpaired) electrons. The second-order valence-corrected chi connectivity index (χ2v) is 4.65. The van der Waals surface area contributed by atoms with Crippen molar-refractivity contribution in [1.82, 2.24) is 0 Å². The summed E-state index contributed by atoms with van der Waals surface area (Å²) < 4.78 is 16.0. The quantitative estimate of drug-likeness (QED) is 0.737. The second-order valence-electron chi connectivity index (χ2n) is 4.65. The molecule has 2 aliphatic rings. The molecule has 6 heteroatoms. The molecule has 0 unspecified atom stereocenters. The summed E-state index contributed by atoms with van der Waals surface area (Å²) in [7, 11) is 0. The maximum absolute atomic E-state index is 11.9. The second kappa shape index (κ2) is 4.80. The first kappa shape index (κ1) is 12.4. The minimum absolute atomic E-state index is 0.0862. The molecule has 0 saturated carbocycles. The van der Waals surface area contributed by atoms with Crippen molar-refractivity contribution < 1.29 is 29.2 Å². The van der Waals surface area contributed by atoms with Crippen LogP contribution >= 0.6 is 0 Å². The highest BCUT2D eigenvalue weighted by Crippen LogP contribution is 2.29. The third kappa shape index (κ3) is 2.30. The molecule has 0 aliphatic carbocycles. The van der Waals surface area contributed by atoms with Gasteiger partial charge < -0.3 is 24.4 Å². The van der Waals surface area contributed by atoms with Crippen molar-refractivity contribution in [2.24, 2.45) is 0 Å². The van der Waals surface area contributed by atoms with Crippen molar-refractivity contribution in [3.8, 4) is 5.75 Å². The Kier molecular flexibility index (Phi) is 3.14. The minimum Gasteiger partial charge on any atom is -0.508 e. The van der Waals surface area contributed by atoms with Gasteiger partial charge in [-0.1, -0.05) is 0 Å². The lowest BCUT2D eigenvalue weighted by Gasteiger charge is -2.16. The third-order valence-electron chi connectivity index (χ3n) is 3.34. The number of phenols is 1. The molecule has 102 valence electrons. The molecule has 2 saturated heterocycles. The molecule has 3 rings (SSSR count). The Morgan fingerprint density at radius 2 is 1.84 bits per heavy atom. The molecule has 0 amide bonds. The number of hydrogen-bond acceptors (Lipinski definition) is 6. The van der Waals surface area contributed by atoms with E-state index in [0.29, 0.717) is 5.56 Å². The van der Waals surface area contributed by atoms with Gasteiger partial charge >= 0.3 is 5.97 Å². The number of carbonyl (C=O) groups excluding carboxylic acids is 1. The van der Waals surface area contributed by atoms with Crippen LogP contribution in [0, 0.1) is 0 Å². The number of benzene rings is 1. The number of hydrogen-bond donors (Lipinski definition) is 2. The first-order chi connectivity index (χ1) is 9.15. The monoisotopic (exact) mass is 266 g/mol. The first-order valence-corrected chi connectivity index (χ1v) is 6.06. The van der Waals surface area contributed by atoms with Crippen LogP contribution in [0.4, 0.5) is 0 Å². The predicted octanol–water partition coefficient (Wildman–Crippen LogP) is 0.0761. The number of aliphatic hydroxyl groups is 1. The predicted molar refractivity (Wildman–Crippen MR) is 62.8 cm³/mol. The summed E-state index contributed by atoms with van der Waals surface area (Å²) in [6.45, 7) is 0.415. The summed E-state index contributed by atoms with van der Waals surface area (Å²) >= 11 is 0. The molecule has 0 aromatic heterocycles. The Bertz CT molecular complexity index is 471. The standard InChI is InChI=1S/C13H14O6/c14-8-3-1-7(2-4-8)13(16)19-10-6-18-11-9(15)5-17-12(10)11/h1-4,9-12,14-15H,5-6H2/t9-,10+,11+,12+/m0/s1. The summed E-state index contributed by atoms with van der Waals surface area (Å²) in [5.74, 6) is -0.415. The van der Waals surface area contributed by atoms with Gasteiger partial charge in [-0.2, -0.15) is 0 Å². The summed E-state index contributed by atoms with van der Waals surface area (Å²) in [5, 5.41) is 18.7. The average Bonchev–Trinajstić information content (AvgIpc) is 2.95. The van der Waals surface area contributed by atoms with E-state index in [1.54, 1.807) is 0 Å². The lowest BCUT2D eigenvalue weighted by Crippen LogP contribution is -2.34. The van der Waals surface area contributed by atoms with Gasteiger partial charge in [-0.25, -0.2) is 4.79 Å². The fraction of sp³-hybridized carbons (Fsp3) is 0.462. The van der Waals surface area contributed by atoms with Crippen LogP contribution < -0.4 is 0 Å². The molecule has 4 atom stereocenters.